The zero-order chi connectivity index (χ0) is 14.3. The fourth-order valence-electron chi connectivity index (χ4n) is 2.08. The number of benzene rings is 1. The number of anilines is 1. The number of aryl methyl sites for hydroxylation is 1. The summed E-state index contributed by atoms with van der Waals surface area (Å²) in [5.74, 6) is -0.509. The maximum absolute atomic E-state index is 13.9. The van der Waals surface area contributed by atoms with E-state index in [1.54, 1.807) is 19.2 Å². The second-order valence-electron chi connectivity index (χ2n) is 4.50. The Morgan fingerprint density at radius 3 is 3.00 bits per heavy atom. The number of nitrogen functional groups attached to an aromatic ring is 1. The second kappa shape index (κ2) is 4.44. The van der Waals surface area contributed by atoms with Crippen LogP contribution in [-0.4, -0.2) is 19.3 Å². The van der Waals surface area contributed by atoms with Crippen molar-refractivity contribution >= 4 is 16.7 Å². The summed E-state index contributed by atoms with van der Waals surface area (Å²) in [6.45, 7) is 0.0769. The molecule has 0 amide bonds. The molecule has 0 radical (unpaired) electrons. The molecule has 6 nitrogen and oxygen atoms in total. The molecule has 0 unspecified atom stereocenters. The minimum Gasteiger partial charge on any atom is -0.396 e. The molecular weight excluding hydrogens is 261 g/mol. The number of halogens is 1. The molecule has 3 rings (SSSR count). The molecule has 2 heterocycles. The van der Waals surface area contributed by atoms with E-state index in [2.05, 4.69) is 10.1 Å². The van der Waals surface area contributed by atoms with Gasteiger partial charge in [0.25, 0.3) is 5.56 Å². The minimum absolute atomic E-state index is 0.0611. The number of rotatable bonds is 2. The number of nitrogens with zero attached hydrogens (tertiary/aromatic N) is 4. The van der Waals surface area contributed by atoms with Gasteiger partial charge < -0.3 is 5.73 Å². The molecule has 0 aliphatic carbocycles. The van der Waals surface area contributed by atoms with Crippen molar-refractivity contribution in [3.05, 3.63) is 52.5 Å². The van der Waals surface area contributed by atoms with Crippen LogP contribution in [0.2, 0.25) is 0 Å². The van der Waals surface area contributed by atoms with Crippen LogP contribution in [0.25, 0.3) is 11.0 Å². The van der Waals surface area contributed by atoms with Crippen LogP contribution in [0.15, 0.2) is 35.5 Å². The maximum Gasteiger partial charge on any atom is 0.264 e. The Kier molecular flexibility index (Phi) is 2.74. The lowest BCUT2D eigenvalue weighted by Gasteiger charge is -2.07. The lowest BCUT2D eigenvalue weighted by molar-refractivity contribution is 0.599. The molecule has 0 fully saturated rings. The van der Waals surface area contributed by atoms with E-state index in [4.69, 9.17) is 5.73 Å². The molecule has 0 bridgehead atoms. The van der Waals surface area contributed by atoms with Crippen molar-refractivity contribution in [3.8, 4) is 0 Å². The molecule has 0 saturated carbocycles. The van der Waals surface area contributed by atoms with E-state index >= 15 is 0 Å². The van der Waals surface area contributed by atoms with Crippen LogP contribution < -0.4 is 11.3 Å². The molecule has 0 saturated heterocycles. The Balaban J connectivity index is 2.09. The largest absolute Gasteiger partial charge is 0.396 e. The molecule has 0 aliphatic rings. The van der Waals surface area contributed by atoms with Crippen molar-refractivity contribution in [3.63, 3.8) is 0 Å². The fourth-order valence-corrected chi connectivity index (χ4v) is 2.08. The average Bonchev–Trinajstić information content (AvgIpc) is 2.80. The third-order valence-electron chi connectivity index (χ3n) is 3.17. The van der Waals surface area contributed by atoms with Crippen LogP contribution in [0.1, 0.15) is 5.56 Å². The smallest absolute Gasteiger partial charge is 0.264 e. The van der Waals surface area contributed by atoms with Gasteiger partial charge >= 0.3 is 0 Å². The zero-order valence-electron chi connectivity index (χ0n) is 10.7. The predicted molar refractivity (Wildman–Crippen MR) is 72.7 cm³/mol. The molecule has 0 spiro atoms. The van der Waals surface area contributed by atoms with E-state index < -0.39 is 5.82 Å². The first-order valence-electron chi connectivity index (χ1n) is 5.98. The van der Waals surface area contributed by atoms with E-state index in [1.807, 2.05) is 0 Å². The first kappa shape index (κ1) is 12.3. The van der Waals surface area contributed by atoms with Gasteiger partial charge in [0.1, 0.15) is 11.7 Å². The van der Waals surface area contributed by atoms with Crippen LogP contribution in [0.5, 0.6) is 0 Å². The first-order valence-corrected chi connectivity index (χ1v) is 5.98. The Morgan fingerprint density at radius 1 is 1.40 bits per heavy atom. The molecule has 7 heteroatoms. The van der Waals surface area contributed by atoms with E-state index in [0.717, 1.165) is 0 Å². The fraction of sp³-hybridized carbons (Fsp3) is 0.154. The van der Waals surface area contributed by atoms with Gasteiger partial charge in [-0.25, -0.2) is 9.37 Å². The van der Waals surface area contributed by atoms with E-state index in [-0.39, 0.29) is 17.8 Å². The number of hydrogen-bond donors (Lipinski definition) is 1. The lowest BCUT2D eigenvalue weighted by atomic mass is 10.2. The monoisotopic (exact) mass is 273 g/mol. The van der Waals surface area contributed by atoms with E-state index in [0.29, 0.717) is 16.6 Å². The van der Waals surface area contributed by atoms with Gasteiger partial charge in [-0.1, -0.05) is 12.1 Å². The van der Waals surface area contributed by atoms with Gasteiger partial charge in [-0.2, -0.15) is 5.10 Å². The average molecular weight is 273 g/mol. The summed E-state index contributed by atoms with van der Waals surface area (Å²) in [6, 6.07) is 4.71. The molecule has 1 aromatic carbocycles. The zero-order valence-corrected chi connectivity index (χ0v) is 10.7. The molecular formula is C13H12FN5O. The van der Waals surface area contributed by atoms with Crippen LogP contribution >= 0.6 is 0 Å². The third kappa shape index (κ3) is 1.83. The van der Waals surface area contributed by atoms with Crippen molar-refractivity contribution < 1.29 is 4.39 Å². The van der Waals surface area contributed by atoms with Crippen LogP contribution in [0.3, 0.4) is 0 Å². The normalized spacial score (nSPS) is 11.1. The number of aromatic nitrogens is 4. The summed E-state index contributed by atoms with van der Waals surface area (Å²) < 4.78 is 16.7. The van der Waals surface area contributed by atoms with Crippen molar-refractivity contribution in [2.24, 2.45) is 7.05 Å². The SMILES string of the molecule is Cn1ncc2c(=O)n(Cc3cccc(N)c3F)cnc21. The highest BCUT2D eigenvalue weighted by Crippen LogP contribution is 2.15. The van der Waals surface area contributed by atoms with Gasteiger partial charge in [0.15, 0.2) is 11.5 Å². The standard InChI is InChI=1S/C13H12FN5O/c1-18-12-9(5-17-18)13(20)19(7-16-12)6-8-3-2-4-10(15)11(8)14/h2-5,7H,6,15H2,1H3. The number of fused-ring (bicyclic) bond motifs is 1. The topological polar surface area (TPSA) is 78.7 Å². The highest BCUT2D eigenvalue weighted by molar-refractivity contribution is 5.72. The molecule has 20 heavy (non-hydrogen) atoms. The Labute approximate surface area is 113 Å². The van der Waals surface area contributed by atoms with Crippen molar-refractivity contribution in [1.82, 2.24) is 19.3 Å². The maximum atomic E-state index is 13.9. The molecule has 3 aromatic rings. The lowest BCUT2D eigenvalue weighted by Crippen LogP contribution is -2.21. The van der Waals surface area contributed by atoms with Gasteiger partial charge in [0.05, 0.1) is 18.4 Å². The Morgan fingerprint density at radius 2 is 2.20 bits per heavy atom. The molecule has 2 aromatic heterocycles. The van der Waals surface area contributed by atoms with E-state index in [9.17, 15) is 9.18 Å². The summed E-state index contributed by atoms with van der Waals surface area (Å²) in [7, 11) is 1.71. The summed E-state index contributed by atoms with van der Waals surface area (Å²) in [5.41, 5.74) is 6.16. The van der Waals surface area contributed by atoms with Gasteiger partial charge in [-0.3, -0.25) is 14.0 Å². The highest BCUT2D eigenvalue weighted by atomic mass is 19.1. The number of nitrogens with two attached hydrogens (primary N) is 1. The summed E-state index contributed by atoms with van der Waals surface area (Å²) in [5, 5.41) is 4.39. The van der Waals surface area contributed by atoms with Crippen LogP contribution in [-0.2, 0) is 13.6 Å². The summed E-state index contributed by atoms with van der Waals surface area (Å²) >= 11 is 0. The van der Waals surface area contributed by atoms with Gasteiger partial charge in [-0.15, -0.1) is 0 Å². The van der Waals surface area contributed by atoms with Gasteiger partial charge in [0.2, 0.25) is 0 Å². The quantitative estimate of drug-likeness (QED) is 0.704. The van der Waals surface area contributed by atoms with Crippen LogP contribution in [0, 0.1) is 5.82 Å². The highest BCUT2D eigenvalue weighted by Gasteiger charge is 2.11. The summed E-state index contributed by atoms with van der Waals surface area (Å²) in [6.07, 6.45) is 2.84. The van der Waals surface area contributed by atoms with Crippen molar-refractivity contribution in [2.45, 2.75) is 6.54 Å². The molecule has 0 aliphatic heterocycles. The first-order chi connectivity index (χ1) is 9.58. The van der Waals surface area contributed by atoms with Gasteiger partial charge in [0, 0.05) is 12.6 Å². The minimum atomic E-state index is -0.509. The number of hydrogen-bond acceptors (Lipinski definition) is 4. The summed E-state index contributed by atoms with van der Waals surface area (Å²) in [4.78, 5) is 16.4. The third-order valence-corrected chi connectivity index (χ3v) is 3.17. The van der Waals surface area contributed by atoms with E-state index in [1.165, 1.54) is 27.8 Å². The molecule has 2 N–H and O–H groups in total. The molecule has 0 atom stereocenters. The Bertz CT molecular complexity index is 852. The Hall–Kier alpha value is -2.70. The van der Waals surface area contributed by atoms with Crippen molar-refractivity contribution in [2.75, 3.05) is 5.73 Å². The predicted octanol–water partition coefficient (Wildman–Crippen LogP) is 0.900. The van der Waals surface area contributed by atoms with Crippen molar-refractivity contribution in [1.29, 1.82) is 0 Å². The van der Waals surface area contributed by atoms with Gasteiger partial charge in [-0.05, 0) is 6.07 Å². The second-order valence-corrected chi connectivity index (χ2v) is 4.50. The van der Waals surface area contributed by atoms with Crippen LogP contribution in [0.4, 0.5) is 10.1 Å². The molecule has 102 valence electrons.